The van der Waals surface area contributed by atoms with Crippen molar-refractivity contribution in [3.63, 3.8) is 0 Å². The number of rotatable bonds is 11. The van der Waals surface area contributed by atoms with Crippen LogP contribution >= 0.6 is 22.6 Å². The topological polar surface area (TPSA) is 88.9 Å². The van der Waals surface area contributed by atoms with Gasteiger partial charge in [0.05, 0.1) is 38.8 Å². The van der Waals surface area contributed by atoms with Crippen molar-refractivity contribution in [3.8, 4) is 17.2 Å². The van der Waals surface area contributed by atoms with E-state index < -0.39 is 6.04 Å². The molecule has 0 spiro atoms. The first-order chi connectivity index (χ1) is 18.4. The highest BCUT2D eigenvalue weighted by Crippen LogP contribution is 2.29. The van der Waals surface area contributed by atoms with Gasteiger partial charge in [0.25, 0.3) is 0 Å². The second-order valence-corrected chi connectivity index (χ2v) is 10.1. The summed E-state index contributed by atoms with van der Waals surface area (Å²) in [4.78, 5) is 19.7. The molecule has 1 heterocycles. The fourth-order valence-electron chi connectivity index (χ4n) is 4.16. The number of methoxy groups -OCH3 is 2. The van der Waals surface area contributed by atoms with E-state index in [1.165, 1.54) is 9.13 Å². The van der Waals surface area contributed by atoms with Crippen molar-refractivity contribution in [2.24, 2.45) is 0 Å². The van der Waals surface area contributed by atoms with Crippen LogP contribution in [0.15, 0.2) is 79.3 Å². The van der Waals surface area contributed by atoms with Crippen LogP contribution in [0.4, 0.5) is 5.69 Å². The minimum absolute atomic E-state index is 0.0853. The van der Waals surface area contributed by atoms with Gasteiger partial charge in [0.1, 0.15) is 17.2 Å². The lowest BCUT2D eigenvalue weighted by Gasteiger charge is -2.27. The third-order valence-electron chi connectivity index (χ3n) is 6.23. The molecule has 4 aromatic rings. The zero-order valence-corrected chi connectivity index (χ0v) is 23.8. The molecular weight excluding hydrogens is 595 g/mol. The summed E-state index contributed by atoms with van der Waals surface area (Å²) in [5.74, 6) is 1.22. The van der Waals surface area contributed by atoms with E-state index in [-0.39, 0.29) is 18.2 Å². The molecule has 1 aromatic heterocycles. The number of phenols is 1. The van der Waals surface area contributed by atoms with Crippen LogP contribution in [0.1, 0.15) is 23.7 Å². The standard InChI is InChI=1S/C29H31IN4O4/c1-20(32-16-25-15-31-19-33(25)17-21-6-4-7-23(30)12-21)29(36)34(24-8-5-9-26(35)13-24)18-22-10-11-27(37-2)14-28(22)38-3/h4-15,19-20,32,35H,16-18H2,1-3H3. The predicted octanol–water partition coefficient (Wildman–Crippen LogP) is 4.97. The Morgan fingerprint density at radius 1 is 1.11 bits per heavy atom. The SMILES string of the molecule is COc1ccc(CN(C(=O)C(C)NCc2cncn2Cc2cccc(I)c2)c2cccc(O)c2)c(OC)c1. The molecule has 3 aromatic carbocycles. The van der Waals surface area contributed by atoms with Crippen molar-refractivity contribution in [1.82, 2.24) is 14.9 Å². The zero-order valence-electron chi connectivity index (χ0n) is 21.6. The van der Waals surface area contributed by atoms with Crippen LogP contribution in [0.5, 0.6) is 17.2 Å². The lowest BCUT2D eigenvalue weighted by molar-refractivity contribution is -0.120. The Bertz CT molecular complexity index is 1390. The molecule has 0 radical (unpaired) electrons. The third kappa shape index (κ3) is 6.84. The van der Waals surface area contributed by atoms with Gasteiger partial charge in [-0.1, -0.05) is 18.2 Å². The summed E-state index contributed by atoms with van der Waals surface area (Å²) >= 11 is 2.31. The van der Waals surface area contributed by atoms with Crippen LogP contribution in [-0.4, -0.2) is 40.8 Å². The molecule has 1 amide bonds. The molecule has 2 N–H and O–H groups in total. The minimum atomic E-state index is -0.511. The minimum Gasteiger partial charge on any atom is -0.508 e. The number of phenolic OH excluding ortho intramolecular Hbond substituents is 1. The number of imidazole rings is 1. The van der Waals surface area contributed by atoms with Gasteiger partial charge in [0.15, 0.2) is 0 Å². The lowest BCUT2D eigenvalue weighted by atomic mass is 10.1. The van der Waals surface area contributed by atoms with E-state index in [9.17, 15) is 9.90 Å². The van der Waals surface area contributed by atoms with E-state index in [1.807, 2.05) is 31.3 Å². The molecule has 1 atom stereocenters. The second kappa shape index (κ2) is 12.8. The molecule has 38 heavy (non-hydrogen) atoms. The first-order valence-corrected chi connectivity index (χ1v) is 13.2. The molecule has 4 rings (SSSR count). The summed E-state index contributed by atoms with van der Waals surface area (Å²) in [5, 5.41) is 13.5. The van der Waals surface area contributed by atoms with Gasteiger partial charge in [-0.05, 0) is 71.5 Å². The van der Waals surface area contributed by atoms with Gasteiger partial charge >= 0.3 is 0 Å². The fraction of sp³-hybridized carbons (Fsp3) is 0.241. The number of benzene rings is 3. The Hall–Kier alpha value is -3.57. The van der Waals surface area contributed by atoms with Crippen molar-refractivity contribution >= 4 is 34.2 Å². The maximum atomic E-state index is 13.7. The molecule has 8 nitrogen and oxygen atoms in total. The van der Waals surface area contributed by atoms with Crippen LogP contribution in [0.2, 0.25) is 0 Å². The Balaban J connectivity index is 1.51. The van der Waals surface area contributed by atoms with Crippen LogP contribution in [0.3, 0.4) is 0 Å². The number of nitrogens with zero attached hydrogens (tertiary/aromatic N) is 3. The maximum absolute atomic E-state index is 13.7. The fourth-order valence-corrected chi connectivity index (χ4v) is 4.77. The summed E-state index contributed by atoms with van der Waals surface area (Å²) in [5.41, 5.74) is 3.56. The largest absolute Gasteiger partial charge is 0.508 e. The van der Waals surface area contributed by atoms with E-state index in [1.54, 1.807) is 55.8 Å². The van der Waals surface area contributed by atoms with E-state index in [4.69, 9.17) is 9.47 Å². The Morgan fingerprint density at radius 3 is 2.66 bits per heavy atom. The molecule has 0 saturated carbocycles. The number of carbonyl (C=O) groups is 1. The number of amides is 1. The maximum Gasteiger partial charge on any atom is 0.244 e. The summed E-state index contributed by atoms with van der Waals surface area (Å²) in [7, 11) is 3.18. The van der Waals surface area contributed by atoms with Crippen molar-refractivity contribution in [2.45, 2.75) is 32.6 Å². The van der Waals surface area contributed by atoms with Gasteiger partial charge in [0.2, 0.25) is 5.91 Å². The first kappa shape index (κ1) is 27.5. The number of carbonyl (C=O) groups excluding carboxylic acids is 1. The Morgan fingerprint density at radius 2 is 1.92 bits per heavy atom. The van der Waals surface area contributed by atoms with Crippen LogP contribution < -0.4 is 19.7 Å². The highest BCUT2D eigenvalue weighted by Gasteiger charge is 2.24. The summed E-state index contributed by atoms with van der Waals surface area (Å²) in [6.45, 7) is 3.26. The summed E-state index contributed by atoms with van der Waals surface area (Å²) in [6, 6.07) is 20.0. The van der Waals surface area contributed by atoms with Crippen molar-refractivity contribution < 1.29 is 19.4 Å². The number of hydrogen-bond donors (Lipinski definition) is 2. The normalized spacial score (nSPS) is 11.7. The predicted molar refractivity (Wildman–Crippen MR) is 156 cm³/mol. The smallest absolute Gasteiger partial charge is 0.244 e. The molecular formula is C29H31IN4O4. The van der Waals surface area contributed by atoms with Gasteiger partial charge in [-0.2, -0.15) is 0 Å². The van der Waals surface area contributed by atoms with Gasteiger partial charge in [-0.25, -0.2) is 4.98 Å². The van der Waals surface area contributed by atoms with Crippen LogP contribution in [0.25, 0.3) is 0 Å². The van der Waals surface area contributed by atoms with Gasteiger partial charge in [-0.15, -0.1) is 0 Å². The van der Waals surface area contributed by atoms with Gasteiger partial charge in [-0.3, -0.25) is 4.79 Å². The molecule has 0 bridgehead atoms. The average molecular weight is 626 g/mol. The van der Waals surface area contributed by atoms with Crippen molar-refractivity contribution in [3.05, 3.63) is 99.6 Å². The zero-order chi connectivity index (χ0) is 27.1. The molecule has 0 saturated heterocycles. The molecule has 0 fully saturated rings. The number of nitrogens with one attached hydrogen (secondary N) is 1. The van der Waals surface area contributed by atoms with E-state index >= 15 is 0 Å². The number of aromatic nitrogens is 2. The number of anilines is 1. The molecule has 0 aliphatic rings. The summed E-state index contributed by atoms with van der Waals surface area (Å²) in [6.07, 6.45) is 3.62. The van der Waals surface area contributed by atoms with Crippen LogP contribution in [-0.2, 0) is 24.4 Å². The third-order valence-corrected chi connectivity index (χ3v) is 6.90. The van der Waals surface area contributed by atoms with E-state index in [2.05, 4.69) is 55.7 Å². The lowest BCUT2D eigenvalue weighted by Crippen LogP contribution is -2.44. The highest BCUT2D eigenvalue weighted by atomic mass is 127. The molecule has 9 heteroatoms. The highest BCUT2D eigenvalue weighted by molar-refractivity contribution is 14.1. The second-order valence-electron chi connectivity index (χ2n) is 8.87. The van der Waals surface area contributed by atoms with Crippen molar-refractivity contribution in [2.75, 3.05) is 19.1 Å². The van der Waals surface area contributed by atoms with E-state index in [0.717, 1.165) is 11.3 Å². The Labute approximate surface area is 236 Å². The number of ether oxygens (including phenoxy) is 2. The quantitative estimate of drug-likeness (QED) is 0.229. The number of hydrogen-bond acceptors (Lipinski definition) is 6. The summed E-state index contributed by atoms with van der Waals surface area (Å²) < 4.78 is 14.1. The number of aromatic hydroxyl groups is 1. The number of halogens is 1. The average Bonchev–Trinajstić information content (AvgIpc) is 3.36. The Kier molecular flexibility index (Phi) is 9.24. The van der Waals surface area contributed by atoms with Gasteiger partial charge in [0, 0.05) is 46.2 Å². The monoisotopic (exact) mass is 626 g/mol. The first-order valence-electron chi connectivity index (χ1n) is 12.2. The van der Waals surface area contributed by atoms with Crippen molar-refractivity contribution in [1.29, 1.82) is 0 Å². The molecule has 198 valence electrons. The van der Waals surface area contributed by atoms with E-state index in [0.29, 0.717) is 30.3 Å². The van der Waals surface area contributed by atoms with Gasteiger partial charge < -0.3 is 29.4 Å². The molecule has 1 unspecified atom stereocenters. The molecule has 0 aliphatic carbocycles. The van der Waals surface area contributed by atoms with Crippen LogP contribution in [0, 0.1) is 3.57 Å². The molecule has 0 aliphatic heterocycles.